The zero-order valence-electron chi connectivity index (χ0n) is 15.9. The van der Waals surface area contributed by atoms with Crippen LogP contribution in [-0.2, 0) is 30.3 Å². The van der Waals surface area contributed by atoms with Crippen LogP contribution in [0.5, 0.6) is 0 Å². The highest BCUT2D eigenvalue weighted by molar-refractivity contribution is 6.30. The summed E-state index contributed by atoms with van der Waals surface area (Å²) in [6.45, 7) is 0.00378. The quantitative estimate of drug-likeness (QED) is 0.395. The number of carbonyl (C=O) groups excluding carboxylic acids is 4. The predicted molar refractivity (Wildman–Crippen MR) is 106 cm³/mol. The third-order valence-corrected chi connectivity index (χ3v) is 5.40. The molecule has 1 heterocycles. The van der Waals surface area contributed by atoms with Crippen molar-refractivity contribution >= 4 is 35.3 Å². The lowest BCUT2D eigenvalue weighted by molar-refractivity contribution is -0.149. The van der Waals surface area contributed by atoms with E-state index in [9.17, 15) is 19.2 Å². The van der Waals surface area contributed by atoms with Gasteiger partial charge in [-0.25, -0.2) is 0 Å². The largest absolute Gasteiger partial charge is 0.456 e. The second-order valence-corrected chi connectivity index (χ2v) is 7.56. The van der Waals surface area contributed by atoms with Crippen LogP contribution in [0.2, 0.25) is 5.02 Å². The van der Waals surface area contributed by atoms with E-state index in [0.29, 0.717) is 30.8 Å². The van der Waals surface area contributed by atoms with E-state index in [-0.39, 0.29) is 36.6 Å². The minimum atomic E-state index is -0.619. The summed E-state index contributed by atoms with van der Waals surface area (Å²) in [5.74, 6) is -2.09. The molecule has 0 radical (unpaired) electrons. The highest BCUT2D eigenvalue weighted by Gasteiger charge is 2.46. The third-order valence-electron chi connectivity index (χ3n) is 5.15. The molecule has 8 heteroatoms. The maximum atomic E-state index is 12.3. The van der Waals surface area contributed by atoms with E-state index >= 15 is 0 Å². The normalized spacial score (nSPS) is 20.5. The van der Waals surface area contributed by atoms with Gasteiger partial charge >= 0.3 is 5.97 Å². The molecule has 1 aromatic rings. The van der Waals surface area contributed by atoms with Crippen molar-refractivity contribution in [2.45, 2.75) is 25.7 Å². The van der Waals surface area contributed by atoms with Crippen molar-refractivity contribution in [1.29, 1.82) is 0 Å². The molecule has 2 atom stereocenters. The second kappa shape index (κ2) is 9.69. The molecule has 154 valence electrons. The van der Waals surface area contributed by atoms with Gasteiger partial charge in [-0.3, -0.25) is 24.1 Å². The molecular formula is C21H23ClN2O5. The summed E-state index contributed by atoms with van der Waals surface area (Å²) in [4.78, 5) is 49.5. The summed E-state index contributed by atoms with van der Waals surface area (Å²) in [5, 5.41) is 3.32. The molecule has 1 aliphatic heterocycles. The summed E-state index contributed by atoms with van der Waals surface area (Å²) < 4.78 is 4.94. The number of allylic oxidation sites excluding steroid dienone is 2. The van der Waals surface area contributed by atoms with E-state index in [0.717, 1.165) is 10.5 Å². The fraction of sp³-hybridized carbons (Fsp3) is 0.429. The molecule has 1 N–H and O–H groups in total. The van der Waals surface area contributed by atoms with Gasteiger partial charge in [0, 0.05) is 18.1 Å². The lowest BCUT2D eigenvalue weighted by Crippen LogP contribution is -2.34. The molecule has 1 fully saturated rings. The lowest BCUT2D eigenvalue weighted by Gasteiger charge is -2.14. The topological polar surface area (TPSA) is 92.8 Å². The van der Waals surface area contributed by atoms with Crippen LogP contribution in [0.25, 0.3) is 0 Å². The van der Waals surface area contributed by atoms with Crippen molar-refractivity contribution < 1.29 is 23.9 Å². The molecule has 1 saturated heterocycles. The molecule has 2 aliphatic rings. The Balaban J connectivity index is 1.33. The average molecular weight is 419 g/mol. The number of imide groups is 1. The van der Waals surface area contributed by atoms with Crippen LogP contribution in [0, 0.1) is 11.8 Å². The Labute approximate surface area is 174 Å². The van der Waals surface area contributed by atoms with Gasteiger partial charge < -0.3 is 10.1 Å². The maximum Gasteiger partial charge on any atom is 0.308 e. The Bertz CT molecular complexity index is 795. The first-order valence-electron chi connectivity index (χ1n) is 9.62. The number of nitrogens with one attached hydrogen (secondary N) is 1. The smallest absolute Gasteiger partial charge is 0.308 e. The Morgan fingerprint density at radius 1 is 1.07 bits per heavy atom. The maximum absolute atomic E-state index is 12.3. The van der Waals surface area contributed by atoms with Gasteiger partial charge in [-0.15, -0.1) is 0 Å². The molecular weight excluding hydrogens is 396 g/mol. The monoisotopic (exact) mass is 418 g/mol. The van der Waals surface area contributed by atoms with Gasteiger partial charge in [0.05, 0.1) is 18.3 Å². The molecule has 29 heavy (non-hydrogen) atoms. The second-order valence-electron chi connectivity index (χ2n) is 7.12. The molecule has 0 unspecified atom stereocenters. The van der Waals surface area contributed by atoms with Gasteiger partial charge in [-0.05, 0) is 37.0 Å². The van der Waals surface area contributed by atoms with Gasteiger partial charge in [0.1, 0.15) is 0 Å². The fourth-order valence-electron chi connectivity index (χ4n) is 3.56. The van der Waals surface area contributed by atoms with Crippen molar-refractivity contribution in [3.63, 3.8) is 0 Å². The summed E-state index contributed by atoms with van der Waals surface area (Å²) in [6, 6.07) is 7.31. The van der Waals surface area contributed by atoms with Crippen LogP contribution < -0.4 is 5.32 Å². The van der Waals surface area contributed by atoms with Crippen LogP contribution in [0.15, 0.2) is 36.4 Å². The van der Waals surface area contributed by atoms with Gasteiger partial charge in [0.2, 0.25) is 11.8 Å². The van der Waals surface area contributed by atoms with E-state index in [2.05, 4.69) is 5.32 Å². The van der Waals surface area contributed by atoms with E-state index in [4.69, 9.17) is 16.3 Å². The number of benzene rings is 1. The summed E-state index contributed by atoms with van der Waals surface area (Å²) >= 11 is 5.82. The van der Waals surface area contributed by atoms with Gasteiger partial charge in [-0.2, -0.15) is 0 Å². The van der Waals surface area contributed by atoms with Gasteiger partial charge in [0.25, 0.3) is 5.91 Å². The van der Waals surface area contributed by atoms with Crippen molar-refractivity contribution in [1.82, 2.24) is 10.2 Å². The van der Waals surface area contributed by atoms with Gasteiger partial charge in [0.15, 0.2) is 6.61 Å². The summed E-state index contributed by atoms with van der Waals surface area (Å²) in [6.07, 6.45) is 5.46. The number of fused-ring (bicyclic) bond motifs is 1. The van der Waals surface area contributed by atoms with Crippen molar-refractivity contribution in [2.75, 3.05) is 19.7 Å². The first-order chi connectivity index (χ1) is 14.0. The zero-order chi connectivity index (χ0) is 20.8. The number of esters is 1. The van der Waals surface area contributed by atoms with E-state index in [1.54, 1.807) is 12.1 Å². The van der Waals surface area contributed by atoms with Gasteiger partial charge in [-0.1, -0.05) is 35.9 Å². The van der Waals surface area contributed by atoms with Crippen LogP contribution in [0.4, 0.5) is 0 Å². The zero-order valence-corrected chi connectivity index (χ0v) is 16.7. The number of rotatable bonds is 8. The fourth-order valence-corrected chi connectivity index (χ4v) is 3.69. The number of likely N-dealkylation sites (tertiary alicyclic amines) is 1. The van der Waals surface area contributed by atoms with Crippen molar-refractivity contribution in [3.8, 4) is 0 Å². The minimum Gasteiger partial charge on any atom is -0.456 e. The molecule has 3 amide bonds. The highest BCUT2D eigenvalue weighted by atomic mass is 35.5. The Hall–Kier alpha value is -2.67. The third kappa shape index (κ3) is 5.44. The number of nitrogens with zero attached hydrogens (tertiary/aromatic N) is 1. The predicted octanol–water partition coefficient (Wildman–Crippen LogP) is 1.88. The highest BCUT2D eigenvalue weighted by Crippen LogP contribution is 2.34. The summed E-state index contributed by atoms with van der Waals surface area (Å²) in [5.41, 5.74) is 1.03. The number of hydrogen-bond acceptors (Lipinski definition) is 5. The van der Waals surface area contributed by atoms with E-state index in [1.807, 2.05) is 24.3 Å². The minimum absolute atomic E-state index is 0.0122. The average Bonchev–Trinajstić information content (AvgIpc) is 2.97. The first kappa shape index (κ1) is 21.0. The SMILES string of the molecule is O=C(COC(=O)CCN1C(=O)[C@H]2CC=CC[C@H]2C1=O)NCCc1ccc(Cl)cc1. The molecule has 3 rings (SSSR count). The van der Waals surface area contributed by atoms with E-state index in [1.165, 1.54) is 0 Å². The first-order valence-corrected chi connectivity index (χ1v) is 10.0. The molecule has 1 aromatic carbocycles. The Kier molecular flexibility index (Phi) is 7.04. The number of amides is 3. The molecule has 0 bridgehead atoms. The number of halogens is 1. The van der Waals surface area contributed by atoms with Crippen LogP contribution >= 0.6 is 11.6 Å². The standard InChI is InChI=1S/C21H23ClN2O5/c22-15-7-5-14(6-8-15)9-11-23-18(25)13-29-19(26)10-12-24-20(27)16-3-1-2-4-17(16)21(24)28/h1-2,5-8,16-17H,3-4,9-13H2,(H,23,25)/t16-,17+. The Morgan fingerprint density at radius 2 is 1.69 bits per heavy atom. The number of carbonyl (C=O) groups is 4. The van der Waals surface area contributed by atoms with Crippen molar-refractivity contribution in [2.24, 2.45) is 11.8 Å². The number of ether oxygens (including phenoxy) is 1. The lowest BCUT2D eigenvalue weighted by atomic mass is 9.85. The molecule has 0 aromatic heterocycles. The van der Waals surface area contributed by atoms with Crippen LogP contribution in [0.1, 0.15) is 24.8 Å². The number of hydrogen-bond donors (Lipinski definition) is 1. The molecule has 0 saturated carbocycles. The summed E-state index contributed by atoms with van der Waals surface area (Å²) in [7, 11) is 0. The molecule has 7 nitrogen and oxygen atoms in total. The van der Waals surface area contributed by atoms with Crippen molar-refractivity contribution in [3.05, 3.63) is 47.0 Å². The molecule has 0 spiro atoms. The van der Waals surface area contributed by atoms with E-state index < -0.39 is 18.5 Å². The Morgan fingerprint density at radius 3 is 2.31 bits per heavy atom. The van der Waals surface area contributed by atoms with Crippen LogP contribution in [0.3, 0.4) is 0 Å². The molecule has 1 aliphatic carbocycles. The van der Waals surface area contributed by atoms with Crippen LogP contribution in [-0.4, -0.2) is 48.3 Å².